The lowest BCUT2D eigenvalue weighted by Gasteiger charge is -2.24. The van der Waals surface area contributed by atoms with Gasteiger partial charge in [0.25, 0.3) is 0 Å². The van der Waals surface area contributed by atoms with Gasteiger partial charge in [-0.2, -0.15) is 0 Å². The number of benzene rings is 1. The Labute approximate surface area is 119 Å². The van der Waals surface area contributed by atoms with Crippen molar-refractivity contribution in [3.8, 4) is 11.5 Å². The Hall–Kier alpha value is -0.930. The number of hydrogen-bond acceptors (Lipinski definition) is 3. The molecule has 0 aliphatic carbocycles. The molecule has 3 unspecified atom stereocenters. The highest BCUT2D eigenvalue weighted by Crippen LogP contribution is 2.43. The summed E-state index contributed by atoms with van der Waals surface area (Å²) in [5, 5.41) is -0.0895. The molecule has 3 atom stereocenters. The van der Waals surface area contributed by atoms with Gasteiger partial charge in [-0.1, -0.05) is 13.0 Å². The van der Waals surface area contributed by atoms with Gasteiger partial charge in [0.1, 0.15) is 11.5 Å². The van der Waals surface area contributed by atoms with Crippen molar-refractivity contribution < 1.29 is 14.2 Å². The first kappa shape index (κ1) is 14.5. The molecule has 1 aromatic carbocycles. The molecule has 2 rings (SSSR count). The molecule has 0 spiro atoms. The second-order valence-corrected chi connectivity index (χ2v) is 5.25. The van der Waals surface area contributed by atoms with Crippen molar-refractivity contribution in [2.24, 2.45) is 5.92 Å². The topological polar surface area (TPSA) is 27.7 Å². The number of halogens is 1. The Kier molecular flexibility index (Phi) is 4.94. The molecule has 0 bridgehead atoms. The molecule has 0 amide bonds. The maximum Gasteiger partial charge on any atom is 0.127 e. The normalized spacial score (nSPS) is 24.2. The van der Waals surface area contributed by atoms with E-state index in [1.165, 1.54) is 0 Å². The summed E-state index contributed by atoms with van der Waals surface area (Å²) in [5.74, 6) is 1.90. The summed E-state index contributed by atoms with van der Waals surface area (Å²) in [5.41, 5.74) is 1.01. The molecule has 4 heteroatoms. The monoisotopic (exact) mass is 284 g/mol. The van der Waals surface area contributed by atoms with Gasteiger partial charge in [-0.05, 0) is 18.9 Å². The fourth-order valence-electron chi connectivity index (χ4n) is 2.70. The first-order valence-corrected chi connectivity index (χ1v) is 7.12. The molecule has 1 aliphatic heterocycles. The van der Waals surface area contributed by atoms with Crippen LogP contribution in [-0.2, 0) is 4.74 Å². The highest BCUT2D eigenvalue weighted by Gasteiger charge is 2.34. The van der Waals surface area contributed by atoms with E-state index in [2.05, 4.69) is 6.92 Å². The molecule has 0 radical (unpaired) electrons. The van der Waals surface area contributed by atoms with E-state index < -0.39 is 0 Å². The summed E-state index contributed by atoms with van der Waals surface area (Å²) in [4.78, 5) is 0. The van der Waals surface area contributed by atoms with E-state index in [1.807, 2.05) is 18.2 Å². The molecule has 0 N–H and O–H groups in total. The third-order valence-electron chi connectivity index (χ3n) is 3.78. The smallest absolute Gasteiger partial charge is 0.127 e. The first-order valence-electron chi connectivity index (χ1n) is 6.68. The Bertz CT molecular complexity index is 422. The van der Waals surface area contributed by atoms with Crippen molar-refractivity contribution in [2.45, 2.75) is 31.2 Å². The van der Waals surface area contributed by atoms with Gasteiger partial charge in [0.05, 0.1) is 25.7 Å². The van der Waals surface area contributed by atoms with E-state index in [9.17, 15) is 0 Å². The van der Waals surface area contributed by atoms with Crippen LogP contribution >= 0.6 is 11.6 Å². The lowest BCUT2D eigenvalue weighted by Crippen LogP contribution is -2.19. The number of ether oxygens (including phenoxy) is 3. The number of hydrogen-bond donors (Lipinski definition) is 0. The molecular formula is C15H21ClO3. The van der Waals surface area contributed by atoms with Gasteiger partial charge in [-0.3, -0.25) is 0 Å². The number of alkyl halides is 1. The molecule has 1 aromatic rings. The van der Waals surface area contributed by atoms with Crippen molar-refractivity contribution >= 4 is 11.6 Å². The van der Waals surface area contributed by atoms with Crippen LogP contribution in [-0.4, -0.2) is 26.9 Å². The van der Waals surface area contributed by atoms with Crippen molar-refractivity contribution in [2.75, 3.05) is 20.8 Å². The van der Waals surface area contributed by atoms with Gasteiger partial charge >= 0.3 is 0 Å². The second kappa shape index (κ2) is 6.49. The maximum absolute atomic E-state index is 6.66. The van der Waals surface area contributed by atoms with Crippen LogP contribution in [0.4, 0.5) is 0 Å². The summed E-state index contributed by atoms with van der Waals surface area (Å²) < 4.78 is 16.4. The van der Waals surface area contributed by atoms with Crippen LogP contribution in [0.25, 0.3) is 0 Å². The Morgan fingerprint density at radius 3 is 2.79 bits per heavy atom. The van der Waals surface area contributed by atoms with Crippen LogP contribution in [0.2, 0.25) is 0 Å². The minimum absolute atomic E-state index is 0.0895. The SMILES string of the molecule is CCC1OCCC1C(Cl)c1ccc(OC)cc1OC. The maximum atomic E-state index is 6.66. The van der Waals surface area contributed by atoms with Gasteiger partial charge in [0.15, 0.2) is 0 Å². The molecule has 1 heterocycles. The van der Waals surface area contributed by atoms with E-state index in [0.717, 1.165) is 36.5 Å². The van der Waals surface area contributed by atoms with Crippen molar-refractivity contribution in [1.82, 2.24) is 0 Å². The zero-order valence-electron chi connectivity index (χ0n) is 11.7. The fraction of sp³-hybridized carbons (Fsp3) is 0.600. The summed E-state index contributed by atoms with van der Waals surface area (Å²) in [7, 11) is 3.30. The second-order valence-electron chi connectivity index (χ2n) is 4.78. The quantitative estimate of drug-likeness (QED) is 0.770. The molecule has 19 heavy (non-hydrogen) atoms. The molecule has 1 aliphatic rings. The molecule has 1 saturated heterocycles. The molecule has 0 aromatic heterocycles. The van der Waals surface area contributed by atoms with Crippen LogP contribution in [0.1, 0.15) is 30.7 Å². The highest BCUT2D eigenvalue weighted by atomic mass is 35.5. The van der Waals surface area contributed by atoms with Crippen LogP contribution in [0.15, 0.2) is 18.2 Å². The summed E-state index contributed by atoms with van der Waals surface area (Å²) in [6, 6.07) is 5.78. The summed E-state index contributed by atoms with van der Waals surface area (Å²) >= 11 is 6.66. The molecule has 3 nitrogen and oxygen atoms in total. The van der Waals surface area contributed by atoms with Crippen molar-refractivity contribution in [3.05, 3.63) is 23.8 Å². The summed E-state index contributed by atoms with van der Waals surface area (Å²) in [6.07, 6.45) is 2.24. The lowest BCUT2D eigenvalue weighted by atomic mass is 9.91. The van der Waals surface area contributed by atoms with Gasteiger partial charge in [-0.15, -0.1) is 11.6 Å². The van der Waals surface area contributed by atoms with Gasteiger partial charge in [-0.25, -0.2) is 0 Å². The minimum atomic E-state index is -0.0895. The third-order valence-corrected chi connectivity index (χ3v) is 4.34. The Morgan fingerprint density at radius 1 is 1.37 bits per heavy atom. The van der Waals surface area contributed by atoms with Gasteiger partial charge in [0, 0.05) is 24.2 Å². The average molecular weight is 285 g/mol. The number of rotatable bonds is 5. The predicted molar refractivity (Wildman–Crippen MR) is 76.3 cm³/mol. The van der Waals surface area contributed by atoms with Crippen LogP contribution in [0, 0.1) is 5.92 Å². The zero-order valence-corrected chi connectivity index (χ0v) is 12.4. The van der Waals surface area contributed by atoms with Crippen LogP contribution in [0.3, 0.4) is 0 Å². The first-order chi connectivity index (χ1) is 9.21. The standard InChI is InChI=1S/C15H21ClO3/c1-4-13-12(7-8-19-13)15(16)11-6-5-10(17-2)9-14(11)18-3/h5-6,9,12-13,15H,4,7-8H2,1-3H3. The molecular weight excluding hydrogens is 264 g/mol. The average Bonchev–Trinajstić information content (AvgIpc) is 2.94. The molecule has 1 fully saturated rings. The van der Waals surface area contributed by atoms with E-state index in [0.29, 0.717) is 5.92 Å². The Morgan fingerprint density at radius 2 is 2.16 bits per heavy atom. The van der Waals surface area contributed by atoms with E-state index >= 15 is 0 Å². The van der Waals surface area contributed by atoms with Gasteiger partial charge < -0.3 is 14.2 Å². The van der Waals surface area contributed by atoms with E-state index in [1.54, 1.807) is 14.2 Å². The minimum Gasteiger partial charge on any atom is -0.497 e. The van der Waals surface area contributed by atoms with E-state index in [4.69, 9.17) is 25.8 Å². The molecule has 0 saturated carbocycles. The third kappa shape index (κ3) is 2.98. The fourth-order valence-corrected chi connectivity index (χ4v) is 3.17. The number of methoxy groups -OCH3 is 2. The largest absolute Gasteiger partial charge is 0.497 e. The van der Waals surface area contributed by atoms with Crippen LogP contribution < -0.4 is 9.47 Å². The van der Waals surface area contributed by atoms with Crippen molar-refractivity contribution in [1.29, 1.82) is 0 Å². The summed E-state index contributed by atoms with van der Waals surface area (Å²) in [6.45, 7) is 2.93. The highest BCUT2D eigenvalue weighted by molar-refractivity contribution is 6.21. The Balaban J connectivity index is 2.25. The van der Waals surface area contributed by atoms with Gasteiger partial charge in [0.2, 0.25) is 0 Å². The van der Waals surface area contributed by atoms with Crippen LogP contribution in [0.5, 0.6) is 11.5 Å². The lowest BCUT2D eigenvalue weighted by molar-refractivity contribution is 0.0863. The predicted octanol–water partition coefficient (Wildman–Crippen LogP) is 3.80. The zero-order chi connectivity index (χ0) is 13.8. The van der Waals surface area contributed by atoms with Crippen molar-refractivity contribution in [3.63, 3.8) is 0 Å². The van der Waals surface area contributed by atoms with E-state index in [-0.39, 0.29) is 11.5 Å². The molecule has 106 valence electrons.